The number of nitrogens with zero attached hydrogens (tertiary/aromatic N) is 3. The van der Waals surface area contributed by atoms with E-state index >= 15 is 0 Å². The van der Waals surface area contributed by atoms with Crippen LogP contribution in [0.2, 0.25) is 0 Å². The number of piperidine rings is 2. The van der Waals surface area contributed by atoms with Gasteiger partial charge >= 0.3 is 12.2 Å². The maximum Gasteiger partial charge on any atom is 0.410 e. The molecule has 0 bridgehead atoms. The molecule has 1 atom stereocenters. The Labute approximate surface area is 204 Å². The molecule has 4 saturated heterocycles. The first kappa shape index (κ1) is 25.5. The molecule has 0 saturated carbocycles. The van der Waals surface area contributed by atoms with Crippen LogP contribution in [-0.2, 0) is 9.47 Å². The quantitative estimate of drug-likeness (QED) is 0.582. The van der Waals surface area contributed by atoms with Crippen LogP contribution in [0.1, 0.15) is 78.1 Å². The zero-order valence-electron chi connectivity index (χ0n) is 21.3. The van der Waals surface area contributed by atoms with Crippen LogP contribution in [0.3, 0.4) is 0 Å². The maximum absolute atomic E-state index is 13.1. The van der Waals surface area contributed by atoms with E-state index in [1.807, 2.05) is 4.90 Å². The Kier molecular flexibility index (Phi) is 8.28. The SMILES string of the molecule is CCCC[C@H]1CN(CCC2CCOCC2)C(=O)OC12CCN(C1(C)CCN(C(=O)O)CC1)CC2. The van der Waals surface area contributed by atoms with Crippen molar-refractivity contribution in [2.24, 2.45) is 11.8 Å². The Balaban J connectivity index is 1.35. The lowest BCUT2D eigenvalue weighted by Crippen LogP contribution is -2.63. The number of carbonyl (C=O) groups excluding carboxylic acids is 1. The lowest BCUT2D eigenvalue weighted by molar-refractivity contribution is -0.133. The van der Waals surface area contributed by atoms with Gasteiger partial charge in [-0.05, 0) is 51.4 Å². The van der Waals surface area contributed by atoms with Crippen LogP contribution in [0.15, 0.2) is 0 Å². The van der Waals surface area contributed by atoms with Crippen molar-refractivity contribution in [1.82, 2.24) is 14.7 Å². The second-order valence-electron chi connectivity index (χ2n) is 11.3. The molecule has 0 aromatic heterocycles. The molecule has 194 valence electrons. The van der Waals surface area contributed by atoms with Crippen LogP contribution < -0.4 is 0 Å². The fraction of sp³-hybridized carbons (Fsp3) is 0.923. The number of carboxylic acid groups (broad SMARTS) is 1. The van der Waals surface area contributed by atoms with Crippen LogP contribution in [0, 0.1) is 11.8 Å². The number of carbonyl (C=O) groups is 2. The zero-order chi connectivity index (χ0) is 24.2. The van der Waals surface area contributed by atoms with E-state index in [1.165, 1.54) is 11.3 Å². The van der Waals surface area contributed by atoms with Crippen LogP contribution >= 0.6 is 0 Å². The maximum atomic E-state index is 13.1. The van der Waals surface area contributed by atoms with E-state index in [9.17, 15) is 14.7 Å². The third-order valence-electron chi connectivity index (χ3n) is 9.27. The summed E-state index contributed by atoms with van der Waals surface area (Å²) >= 11 is 0. The zero-order valence-corrected chi connectivity index (χ0v) is 21.3. The van der Waals surface area contributed by atoms with Gasteiger partial charge in [0.05, 0.1) is 0 Å². The van der Waals surface area contributed by atoms with Gasteiger partial charge in [0.2, 0.25) is 0 Å². The molecular formula is C26H45N3O5. The van der Waals surface area contributed by atoms with Crippen LogP contribution in [-0.4, -0.2) is 95.6 Å². The summed E-state index contributed by atoms with van der Waals surface area (Å²) in [6.07, 6.45) is 9.28. The summed E-state index contributed by atoms with van der Waals surface area (Å²) in [5.41, 5.74) is -0.309. The van der Waals surface area contributed by atoms with Gasteiger partial charge in [0, 0.05) is 76.8 Å². The number of unbranched alkanes of at least 4 members (excludes halogenated alkanes) is 1. The number of ether oxygens (including phenoxy) is 2. The molecule has 4 fully saturated rings. The molecule has 8 heteroatoms. The van der Waals surface area contributed by atoms with E-state index in [1.54, 1.807) is 0 Å². The fourth-order valence-corrected chi connectivity index (χ4v) is 6.62. The average Bonchev–Trinajstić information content (AvgIpc) is 2.84. The standard InChI is InChI=1S/C26H45N3O5/c1-3-4-5-22-20-28(13-6-21-7-18-33-19-8-21)24(32)34-26(22)11-16-29(17-12-26)25(2)9-14-27(15-10-25)23(30)31/h21-22H,3-20H2,1-2H3,(H,30,31)/t22-/m0/s1. The third kappa shape index (κ3) is 5.64. The predicted molar refractivity (Wildman–Crippen MR) is 130 cm³/mol. The van der Waals surface area contributed by atoms with Crippen molar-refractivity contribution in [3.8, 4) is 0 Å². The van der Waals surface area contributed by atoms with Crippen molar-refractivity contribution in [2.45, 2.75) is 89.2 Å². The topological polar surface area (TPSA) is 82.5 Å². The van der Waals surface area contributed by atoms with Crippen molar-refractivity contribution in [3.05, 3.63) is 0 Å². The molecule has 4 heterocycles. The van der Waals surface area contributed by atoms with Crippen molar-refractivity contribution < 1.29 is 24.2 Å². The van der Waals surface area contributed by atoms with E-state index in [-0.39, 0.29) is 17.2 Å². The van der Waals surface area contributed by atoms with E-state index < -0.39 is 6.09 Å². The summed E-state index contributed by atoms with van der Waals surface area (Å²) < 4.78 is 11.8. The summed E-state index contributed by atoms with van der Waals surface area (Å²) in [7, 11) is 0. The summed E-state index contributed by atoms with van der Waals surface area (Å²) in [5, 5.41) is 9.30. The van der Waals surface area contributed by atoms with E-state index in [0.29, 0.717) is 24.9 Å². The number of likely N-dealkylation sites (tertiary alicyclic amines) is 2. The fourth-order valence-electron chi connectivity index (χ4n) is 6.62. The van der Waals surface area contributed by atoms with Crippen molar-refractivity contribution in [3.63, 3.8) is 0 Å². The first-order valence-electron chi connectivity index (χ1n) is 13.6. The summed E-state index contributed by atoms with van der Waals surface area (Å²) in [5.74, 6) is 1.05. The van der Waals surface area contributed by atoms with E-state index in [2.05, 4.69) is 18.7 Å². The van der Waals surface area contributed by atoms with Crippen LogP contribution in [0.5, 0.6) is 0 Å². The minimum absolute atomic E-state index is 0.0287. The second-order valence-corrected chi connectivity index (χ2v) is 11.3. The van der Waals surface area contributed by atoms with Gasteiger partial charge in [-0.25, -0.2) is 9.59 Å². The van der Waals surface area contributed by atoms with Gasteiger partial charge in [-0.15, -0.1) is 0 Å². The third-order valence-corrected chi connectivity index (χ3v) is 9.27. The first-order valence-corrected chi connectivity index (χ1v) is 13.6. The second kappa shape index (κ2) is 11.0. The lowest BCUT2D eigenvalue weighted by atomic mass is 9.74. The van der Waals surface area contributed by atoms with E-state index in [0.717, 1.165) is 97.2 Å². The smallest absolute Gasteiger partial charge is 0.410 e. The highest BCUT2D eigenvalue weighted by Gasteiger charge is 2.51. The van der Waals surface area contributed by atoms with Crippen molar-refractivity contribution in [2.75, 3.05) is 52.5 Å². The van der Waals surface area contributed by atoms with Gasteiger partial charge in [-0.2, -0.15) is 0 Å². The predicted octanol–water partition coefficient (Wildman–Crippen LogP) is 4.43. The molecule has 4 aliphatic heterocycles. The summed E-state index contributed by atoms with van der Waals surface area (Å²) in [6, 6.07) is 0. The van der Waals surface area contributed by atoms with Gasteiger partial charge in [0.25, 0.3) is 0 Å². The van der Waals surface area contributed by atoms with Gasteiger partial charge in [0.15, 0.2) is 0 Å². The summed E-state index contributed by atoms with van der Waals surface area (Å²) in [6.45, 7) is 10.9. The van der Waals surface area contributed by atoms with Gasteiger partial charge < -0.3 is 24.4 Å². The van der Waals surface area contributed by atoms with Crippen molar-refractivity contribution in [1.29, 1.82) is 0 Å². The molecule has 0 radical (unpaired) electrons. The number of rotatable bonds is 7. The molecule has 1 spiro atoms. The Morgan fingerprint density at radius 1 is 1.06 bits per heavy atom. The average molecular weight is 480 g/mol. The molecule has 0 aromatic rings. The summed E-state index contributed by atoms with van der Waals surface area (Å²) in [4.78, 5) is 30.5. The highest BCUT2D eigenvalue weighted by Crippen LogP contribution is 2.43. The Hall–Kier alpha value is -1.54. The van der Waals surface area contributed by atoms with Gasteiger partial charge in [-0.3, -0.25) is 4.90 Å². The van der Waals surface area contributed by atoms with Crippen LogP contribution in [0.4, 0.5) is 9.59 Å². The van der Waals surface area contributed by atoms with E-state index in [4.69, 9.17) is 9.47 Å². The molecule has 34 heavy (non-hydrogen) atoms. The minimum Gasteiger partial charge on any atom is -0.465 e. The highest BCUT2D eigenvalue weighted by molar-refractivity contribution is 5.69. The van der Waals surface area contributed by atoms with Gasteiger partial charge in [0.1, 0.15) is 5.60 Å². The molecule has 4 aliphatic rings. The molecule has 4 rings (SSSR count). The molecule has 2 amide bonds. The number of amides is 2. The van der Waals surface area contributed by atoms with Crippen LogP contribution in [0.25, 0.3) is 0 Å². The Morgan fingerprint density at radius 3 is 2.35 bits per heavy atom. The number of hydrogen-bond donors (Lipinski definition) is 1. The molecule has 1 N–H and O–H groups in total. The molecule has 0 unspecified atom stereocenters. The number of hydrogen-bond acceptors (Lipinski definition) is 5. The first-order chi connectivity index (χ1) is 16.3. The Morgan fingerprint density at radius 2 is 1.74 bits per heavy atom. The lowest BCUT2D eigenvalue weighted by Gasteiger charge is -2.55. The highest BCUT2D eigenvalue weighted by atomic mass is 16.6. The largest absolute Gasteiger partial charge is 0.465 e. The van der Waals surface area contributed by atoms with Gasteiger partial charge in [-0.1, -0.05) is 19.8 Å². The molecule has 0 aliphatic carbocycles. The normalized spacial score (nSPS) is 28.2. The molecule has 0 aromatic carbocycles. The minimum atomic E-state index is -0.811. The Bertz CT molecular complexity index is 695. The van der Waals surface area contributed by atoms with Crippen molar-refractivity contribution >= 4 is 12.2 Å². The molecular weight excluding hydrogens is 434 g/mol. The molecule has 8 nitrogen and oxygen atoms in total. The monoisotopic (exact) mass is 479 g/mol.